The molecule has 0 amide bonds. The maximum atomic E-state index is 12.1. The number of methoxy groups -OCH3 is 1. The van der Waals surface area contributed by atoms with Crippen molar-refractivity contribution >= 4 is 45.0 Å². The number of hydrogen-bond donors (Lipinski definition) is 1. The summed E-state index contributed by atoms with van der Waals surface area (Å²) in [6.45, 7) is 5.43. The second-order valence-corrected chi connectivity index (χ2v) is 7.11. The minimum Gasteiger partial charge on any atom is -0.465 e. The summed E-state index contributed by atoms with van der Waals surface area (Å²) in [5.74, 6) is -0.237. The van der Waals surface area contributed by atoms with Crippen LogP contribution in [0.1, 0.15) is 39.4 Å². The average molecular weight is 385 g/mol. The van der Waals surface area contributed by atoms with Gasteiger partial charge in [0.25, 0.3) is 0 Å². The summed E-state index contributed by atoms with van der Waals surface area (Å²) in [6.07, 6.45) is 1.24. The van der Waals surface area contributed by atoms with E-state index in [1.807, 2.05) is 13.0 Å². The highest BCUT2D eigenvalue weighted by Gasteiger charge is 2.20. The molecule has 0 aliphatic heterocycles. The molecule has 0 spiro atoms. The van der Waals surface area contributed by atoms with Crippen molar-refractivity contribution in [2.24, 2.45) is 0 Å². The maximum Gasteiger partial charge on any atom is 0.348 e. The molecular formula is C19H19N3O4S. The monoisotopic (exact) mass is 385 g/mol. The Kier molecular flexibility index (Phi) is 5.36. The van der Waals surface area contributed by atoms with Gasteiger partial charge in [0.15, 0.2) is 0 Å². The third kappa shape index (κ3) is 3.90. The third-order valence-electron chi connectivity index (χ3n) is 3.80. The van der Waals surface area contributed by atoms with E-state index >= 15 is 0 Å². The summed E-state index contributed by atoms with van der Waals surface area (Å²) < 4.78 is 10.1. The van der Waals surface area contributed by atoms with E-state index in [-0.39, 0.29) is 12.1 Å². The van der Waals surface area contributed by atoms with E-state index < -0.39 is 5.97 Å². The van der Waals surface area contributed by atoms with Crippen LogP contribution in [0.15, 0.2) is 30.6 Å². The Balaban J connectivity index is 1.97. The van der Waals surface area contributed by atoms with Gasteiger partial charge in [0.2, 0.25) is 0 Å². The Morgan fingerprint density at radius 2 is 1.96 bits per heavy atom. The van der Waals surface area contributed by atoms with Gasteiger partial charge in [-0.25, -0.2) is 19.6 Å². The van der Waals surface area contributed by atoms with Crippen molar-refractivity contribution in [2.45, 2.75) is 26.9 Å². The molecular weight excluding hydrogens is 366 g/mol. The molecule has 8 heteroatoms. The van der Waals surface area contributed by atoms with Gasteiger partial charge in [0.05, 0.1) is 24.2 Å². The highest BCUT2D eigenvalue weighted by Crippen LogP contribution is 2.34. The number of esters is 2. The van der Waals surface area contributed by atoms with Crippen LogP contribution in [0.25, 0.3) is 10.2 Å². The van der Waals surface area contributed by atoms with E-state index in [0.717, 1.165) is 10.9 Å². The third-order valence-corrected chi connectivity index (χ3v) is 4.98. The van der Waals surface area contributed by atoms with Crippen molar-refractivity contribution in [1.82, 2.24) is 9.97 Å². The van der Waals surface area contributed by atoms with Crippen LogP contribution in [0.2, 0.25) is 0 Å². The Morgan fingerprint density at radius 3 is 2.67 bits per heavy atom. The first-order chi connectivity index (χ1) is 12.9. The van der Waals surface area contributed by atoms with Gasteiger partial charge in [-0.2, -0.15) is 0 Å². The highest BCUT2D eigenvalue weighted by atomic mass is 32.1. The number of ether oxygens (including phenoxy) is 2. The fourth-order valence-corrected chi connectivity index (χ4v) is 3.66. The Morgan fingerprint density at radius 1 is 1.19 bits per heavy atom. The van der Waals surface area contributed by atoms with Gasteiger partial charge in [-0.05, 0) is 44.5 Å². The van der Waals surface area contributed by atoms with Crippen LogP contribution >= 0.6 is 11.3 Å². The molecule has 0 radical (unpaired) electrons. The molecule has 27 heavy (non-hydrogen) atoms. The number of benzene rings is 1. The van der Waals surface area contributed by atoms with Crippen LogP contribution in [0.5, 0.6) is 0 Å². The smallest absolute Gasteiger partial charge is 0.348 e. The van der Waals surface area contributed by atoms with Crippen LogP contribution in [0.3, 0.4) is 0 Å². The van der Waals surface area contributed by atoms with Gasteiger partial charge in [-0.15, -0.1) is 11.3 Å². The summed E-state index contributed by atoms with van der Waals surface area (Å²) >= 11 is 1.26. The van der Waals surface area contributed by atoms with Gasteiger partial charge >= 0.3 is 11.9 Å². The summed E-state index contributed by atoms with van der Waals surface area (Å²) in [6, 6.07) is 6.97. The van der Waals surface area contributed by atoms with E-state index in [0.29, 0.717) is 26.8 Å². The van der Waals surface area contributed by atoms with Gasteiger partial charge in [0.1, 0.15) is 21.9 Å². The van der Waals surface area contributed by atoms with E-state index in [2.05, 4.69) is 15.3 Å². The van der Waals surface area contributed by atoms with Gasteiger partial charge in [-0.1, -0.05) is 6.07 Å². The molecule has 0 fully saturated rings. The highest BCUT2D eigenvalue weighted by molar-refractivity contribution is 7.20. The number of hydrogen-bond acceptors (Lipinski definition) is 8. The molecule has 0 aliphatic carbocycles. The number of aryl methyl sites for hydroxylation is 1. The van der Waals surface area contributed by atoms with E-state index in [4.69, 9.17) is 9.47 Å². The van der Waals surface area contributed by atoms with E-state index in [1.165, 1.54) is 24.8 Å². The topological polar surface area (TPSA) is 90.4 Å². The molecule has 2 aromatic heterocycles. The first-order valence-corrected chi connectivity index (χ1v) is 9.12. The second kappa shape index (κ2) is 7.71. The predicted molar refractivity (Wildman–Crippen MR) is 104 cm³/mol. The van der Waals surface area contributed by atoms with Crippen molar-refractivity contribution in [1.29, 1.82) is 0 Å². The Bertz CT molecular complexity index is 1010. The van der Waals surface area contributed by atoms with E-state index in [1.54, 1.807) is 32.0 Å². The maximum absolute atomic E-state index is 12.1. The predicted octanol–water partition coefficient (Wildman–Crippen LogP) is 4.10. The standard InChI is InChI=1S/C19H19N3O4S/c1-10(2)26-18(23)12-6-5-7-13(8-12)22-16-14-11(3)15(19(24)25-4)27-17(14)21-9-20-16/h5-10H,1-4H3,(H,20,21,22). The van der Waals surface area contributed by atoms with Crippen LogP contribution in [0, 0.1) is 6.92 Å². The number of nitrogens with one attached hydrogen (secondary N) is 1. The minimum absolute atomic E-state index is 0.194. The summed E-state index contributed by atoms with van der Waals surface area (Å²) in [4.78, 5) is 33.8. The lowest BCUT2D eigenvalue weighted by Crippen LogP contribution is -2.11. The average Bonchev–Trinajstić information content (AvgIpc) is 2.98. The molecule has 0 atom stereocenters. The van der Waals surface area contributed by atoms with Gasteiger partial charge in [-0.3, -0.25) is 0 Å². The Hall–Kier alpha value is -3.00. The second-order valence-electron chi connectivity index (χ2n) is 6.11. The molecule has 1 aromatic carbocycles. The molecule has 1 N–H and O–H groups in total. The summed E-state index contributed by atoms with van der Waals surface area (Å²) in [7, 11) is 1.35. The fourth-order valence-electron chi connectivity index (χ4n) is 2.60. The lowest BCUT2D eigenvalue weighted by Gasteiger charge is -2.10. The normalized spacial score (nSPS) is 10.9. The number of aromatic nitrogens is 2. The Labute approximate surface area is 160 Å². The molecule has 3 rings (SSSR count). The largest absolute Gasteiger partial charge is 0.465 e. The zero-order chi connectivity index (χ0) is 19.6. The van der Waals surface area contributed by atoms with Crippen molar-refractivity contribution in [3.05, 3.63) is 46.6 Å². The van der Waals surface area contributed by atoms with Crippen LogP contribution in [0.4, 0.5) is 11.5 Å². The number of fused-ring (bicyclic) bond motifs is 1. The molecule has 0 aliphatic rings. The number of rotatable bonds is 5. The number of thiophene rings is 1. The summed E-state index contributed by atoms with van der Waals surface area (Å²) in [5, 5.41) is 3.95. The zero-order valence-electron chi connectivity index (χ0n) is 15.4. The molecule has 0 bridgehead atoms. The van der Waals surface area contributed by atoms with Gasteiger partial charge < -0.3 is 14.8 Å². The molecule has 2 heterocycles. The minimum atomic E-state index is -0.403. The lowest BCUT2D eigenvalue weighted by atomic mass is 10.1. The fraction of sp³-hybridized carbons (Fsp3) is 0.263. The van der Waals surface area contributed by atoms with Crippen LogP contribution < -0.4 is 5.32 Å². The van der Waals surface area contributed by atoms with Crippen molar-refractivity contribution in [2.75, 3.05) is 12.4 Å². The van der Waals surface area contributed by atoms with Crippen LogP contribution in [-0.2, 0) is 9.47 Å². The van der Waals surface area contributed by atoms with Crippen molar-refractivity contribution in [3.8, 4) is 0 Å². The quantitative estimate of drug-likeness (QED) is 0.661. The zero-order valence-corrected chi connectivity index (χ0v) is 16.2. The molecule has 3 aromatic rings. The first-order valence-electron chi connectivity index (χ1n) is 8.31. The number of anilines is 2. The summed E-state index contributed by atoms with van der Waals surface area (Å²) in [5.41, 5.74) is 1.87. The molecule has 0 saturated carbocycles. The SMILES string of the molecule is COC(=O)c1sc2ncnc(Nc3cccc(C(=O)OC(C)C)c3)c2c1C. The molecule has 0 unspecified atom stereocenters. The van der Waals surface area contributed by atoms with Crippen LogP contribution in [-0.4, -0.2) is 35.1 Å². The molecule has 0 saturated heterocycles. The van der Waals surface area contributed by atoms with E-state index in [9.17, 15) is 9.59 Å². The van der Waals surface area contributed by atoms with Crippen molar-refractivity contribution < 1.29 is 19.1 Å². The first kappa shape index (κ1) is 18.8. The molecule has 7 nitrogen and oxygen atoms in total. The molecule has 140 valence electrons. The number of nitrogens with zero attached hydrogens (tertiary/aromatic N) is 2. The number of carbonyl (C=O) groups is 2. The number of carbonyl (C=O) groups excluding carboxylic acids is 2. The van der Waals surface area contributed by atoms with Crippen molar-refractivity contribution in [3.63, 3.8) is 0 Å². The van der Waals surface area contributed by atoms with Gasteiger partial charge in [0, 0.05) is 5.69 Å². The lowest BCUT2D eigenvalue weighted by molar-refractivity contribution is 0.0377.